The maximum atomic E-state index is 12.2. The van der Waals surface area contributed by atoms with Crippen LogP contribution in [0.3, 0.4) is 0 Å². The van der Waals surface area contributed by atoms with Gasteiger partial charge in [0.05, 0.1) is 17.0 Å². The van der Waals surface area contributed by atoms with Crippen molar-refractivity contribution in [3.8, 4) is 0 Å². The lowest BCUT2D eigenvalue weighted by molar-refractivity contribution is -0.173. The molecule has 1 saturated carbocycles. The molecule has 3 rings (SSSR count). The molecule has 1 aliphatic carbocycles. The summed E-state index contributed by atoms with van der Waals surface area (Å²) in [5.74, 6) is -1.87. The van der Waals surface area contributed by atoms with Gasteiger partial charge in [-0.25, -0.2) is 4.79 Å². The van der Waals surface area contributed by atoms with Gasteiger partial charge in [-0.15, -0.1) is 0 Å². The van der Waals surface area contributed by atoms with Crippen molar-refractivity contribution in [1.29, 1.82) is 0 Å². The highest BCUT2D eigenvalue weighted by Gasteiger charge is 2.42. The van der Waals surface area contributed by atoms with E-state index in [9.17, 15) is 14.4 Å². The van der Waals surface area contributed by atoms with Crippen molar-refractivity contribution in [2.45, 2.75) is 33.1 Å². The van der Waals surface area contributed by atoms with Crippen LogP contribution in [-0.2, 0) is 9.63 Å². The molecular weight excluding hydrogens is 270 g/mol. The Bertz CT molecular complexity index is 600. The summed E-state index contributed by atoms with van der Waals surface area (Å²) in [6.07, 6.45) is 2.39. The quantitative estimate of drug-likeness (QED) is 0.784. The summed E-state index contributed by atoms with van der Waals surface area (Å²) in [6, 6.07) is 6.47. The lowest BCUT2D eigenvalue weighted by atomic mass is 9.91. The zero-order chi connectivity index (χ0) is 15.2. The third-order valence-electron chi connectivity index (χ3n) is 4.24. The van der Waals surface area contributed by atoms with Gasteiger partial charge >= 0.3 is 5.97 Å². The Balaban J connectivity index is 1.74. The number of hydrogen-bond acceptors (Lipinski definition) is 4. The molecule has 1 atom stereocenters. The molecule has 5 heteroatoms. The lowest BCUT2D eigenvalue weighted by Gasteiger charge is -2.18. The fourth-order valence-electron chi connectivity index (χ4n) is 3.05. The van der Waals surface area contributed by atoms with Gasteiger partial charge in [-0.1, -0.05) is 31.0 Å². The molecule has 21 heavy (non-hydrogen) atoms. The molecule has 110 valence electrons. The number of hydroxylamine groups is 2. The van der Waals surface area contributed by atoms with Crippen LogP contribution in [0.5, 0.6) is 0 Å². The number of carbonyl (C=O) groups excluding carboxylic acids is 3. The molecule has 1 unspecified atom stereocenters. The van der Waals surface area contributed by atoms with E-state index in [-0.39, 0.29) is 22.5 Å². The summed E-state index contributed by atoms with van der Waals surface area (Å²) in [4.78, 5) is 41.5. The van der Waals surface area contributed by atoms with Crippen LogP contribution in [0.25, 0.3) is 0 Å². The maximum absolute atomic E-state index is 12.2. The number of amides is 2. The molecule has 0 aromatic heterocycles. The molecule has 1 heterocycles. The molecule has 0 saturated heterocycles. The summed E-state index contributed by atoms with van der Waals surface area (Å²) < 4.78 is 0. The smallest absolute Gasteiger partial charge is 0.329 e. The number of nitrogens with zero attached hydrogens (tertiary/aromatic N) is 1. The second-order valence-corrected chi connectivity index (χ2v) is 6.46. The van der Waals surface area contributed by atoms with E-state index < -0.39 is 17.8 Å². The fourth-order valence-corrected chi connectivity index (χ4v) is 3.05. The van der Waals surface area contributed by atoms with Gasteiger partial charge in [0, 0.05) is 0 Å². The Kier molecular flexibility index (Phi) is 3.08. The van der Waals surface area contributed by atoms with Gasteiger partial charge in [-0.3, -0.25) is 9.59 Å². The topological polar surface area (TPSA) is 63.7 Å². The summed E-state index contributed by atoms with van der Waals surface area (Å²) >= 11 is 0. The Morgan fingerprint density at radius 2 is 1.76 bits per heavy atom. The highest BCUT2D eigenvalue weighted by molar-refractivity contribution is 6.20. The first-order valence-electron chi connectivity index (χ1n) is 7.09. The molecule has 5 nitrogen and oxygen atoms in total. The molecule has 2 amide bonds. The van der Waals surface area contributed by atoms with Gasteiger partial charge in [0.1, 0.15) is 0 Å². The van der Waals surface area contributed by atoms with Crippen LogP contribution in [0, 0.1) is 11.3 Å². The van der Waals surface area contributed by atoms with Crippen LogP contribution in [0.15, 0.2) is 24.3 Å². The monoisotopic (exact) mass is 287 g/mol. The molecule has 0 N–H and O–H groups in total. The Hall–Kier alpha value is -2.17. The van der Waals surface area contributed by atoms with Crippen molar-refractivity contribution in [2.24, 2.45) is 11.3 Å². The van der Waals surface area contributed by atoms with Gasteiger partial charge in [-0.2, -0.15) is 0 Å². The highest BCUT2D eigenvalue weighted by Crippen LogP contribution is 2.41. The Morgan fingerprint density at radius 1 is 1.19 bits per heavy atom. The first-order chi connectivity index (χ1) is 9.89. The van der Waals surface area contributed by atoms with Crippen LogP contribution in [-0.4, -0.2) is 22.8 Å². The standard InChI is InChI=1S/C16H17NO4/c1-16(2)8-7-10(9-16)15(20)21-17-13(18)11-5-3-4-6-12(11)14(17)19/h3-6,10H,7-9H2,1-2H3. The second-order valence-electron chi connectivity index (χ2n) is 6.46. The third kappa shape index (κ3) is 2.33. The molecule has 1 aromatic rings. The SMILES string of the molecule is CC1(C)CCC(C(=O)ON2C(=O)c3ccccc3C2=O)C1. The molecule has 1 aliphatic heterocycles. The summed E-state index contributed by atoms with van der Waals surface area (Å²) in [5, 5.41) is 0.596. The van der Waals surface area contributed by atoms with Crippen LogP contribution < -0.4 is 0 Å². The summed E-state index contributed by atoms with van der Waals surface area (Å²) in [5.41, 5.74) is 0.662. The van der Waals surface area contributed by atoms with Crippen LogP contribution in [0.4, 0.5) is 0 Å². The molecule has 2 aliphatic rings. The predicted molar refractivity (Wildman–Crippen MR) is 74.2 cm³/mol. The number of fused-ring (bicyclic) bond motifs is 1. The van der Waals surface area contributed by atoms with E-state index >= 15 is 0 Å². The molecule has 1 aromatic carbocycles. The minimum atomic E-state index is -0.568. The zero-order valence-electron chi connectivity index (χ0n) is 12.1. The van der Waals surface area contributed by atoms with Crippen LogP contribution in [0.2, 0.25) is 0 Å². The number of benzene rings is 1. The number of carbonyl (C=O) groups is 3. The van der Waals surface area contributed by atoms with Crippen molar-refractivity contribution >= 4 is 17.8 Å². The third-order valence-corrected chi connectivity index (χ3v) is 4.24. The normalized spacial score (nSPS) is 23.3. The lowest BCUT2D eigenvalue weighted by Crippen LogP contribution is -2.34. The second kappa shape index (κ2) is 4.69. The fraction of sp³-hybridized carbons (Fsp3) is 0.438. The van der Waals surface area contributed by atoms with E-state index in [1.807, 2.05) is 0 Å². The van der Waals surface area contributed by atoms with Crippen molar-refractivity contribution in [3.05, 3.63) is 35.4 Å². The zero-order valence-corrected chi connectivity index (χ0v) is 12.1. The molecule has 0 bridgehead atoms. The van der Waals surface area contributed by atoms with Gasteiger partial charge in [-0.05, 0) is 36.8 Å². The molecular formula is C16H17NO4. The van der Waals surface area contributed by atoms with Gasteiger partial charge in [0.25, 0.3) is 11.8 Å². The molecule has 1 fully saturated rings. The van der Waals surface area contributed by atoms with Crippen molar-refractivity contribution in [2.75, 3.05) is 0 Å². The van der Waals surface area contributed by atoms with Crippen LogP contribution >= 0.6 is 0 Å². The number of imide groups is 1. The number of hydrogen-bond donors (Lipinski definition) is 0. The van der Waals surface area contributed by atoms with Crippen molar-refractivity contribution in [3.63, 3.8) is 0 Å². The molecule has 0 radical (unpaired) electrons. The largest absolute Gasteiger partial charge is 0.336 e. The van der Waals surface area contributed by atoms with E-state index in [0.717, 1.165) is 19.3 Å². The molecule has 0 spiro atoms. The Morgan fingerprint density at radius 3 is 2.24 bits per heavy atom. The van der Waals surface area contributed by atoms with Crippen LogP contribution in [0.1, 0.15) is 53.8 Å². The first-order valence-corrected chi connectivity index (χ1v) is 7.09. The Labute approximate surface area is 122 Å². The summed E-state index contributed by atoms with van der Waals surface area (Å²) in [6.45, 7) is 4.20. The average molecular weight is 287 g/mol. The average Bonchev–Trinajstić information content (AvgIpc) is 2.93. The van der Waals surface area contributed by atoms with E-state index in [0.29, 0.717) is 5.06 Å². The minimum Gasteiger partial charge on any atom is -0.329 e. The van der Waals surface area contributed by atoms with E-state index in [2.05, 4.69) is 13.8 Å². The van der Waals surface area contributed by atoms with Gasteiger partial charge in [0.15, 0.2) is 0 Å². The van der Waals surface area contributed by atoms with Crippen molar-refractivity contribution in [1.82, 2.24) is 5.06 Å². The predicted octanol–water partition coefficient (Wildman–Crippen LogP) is 2.57. The highest BCUT2D eigenvalue weighted by atomic mass is 16.7. The van der Waals surface area contributed by atoms with Crippen molar-refractivity contribution < 1.29 is 19.2 Å². The van der Waals surface area contributed by atoms with E-state index in [1.165, 1.54) is 0 Å². The first kappa shape index (κ1) is 13.8. The maximum Gasteiger partial charge on any atom is 0.336 e. The number of rotatable bonds is 2. The minimum absolute atomic E-state index is 0.103. The van der Waals surface area contributed by atoms with E-state index in [1.54, 1.807) is 24.3 Å². The van der Waals surface area contributed by atoms with Gasteiger partial charge < -0.3 is 4.84 Å². The summed E-state index contributed by atoms with van der Waals surface area (Å²) in [7, 11) is 0. The van der Waals surface area contributed by atoms with E-state index in [4.69, 9.17) is 4.84 Å². The van der Waals surface area contributed by atoms with Gasteiger partial charge in [0.2, 0.25) is 0 Å².